The van der Waals surface area contributed by atoms with Gasteiger partial charge in [0.05, 0.1) is 0 Å². The summed E-state index contributed by atoms with van der Waals surface area (Å²) >= 11 is 1.46. The Labute approximate surface area is 153 Å². The molecule has 2 aliphatic rings. The molecule has 0 aromatic carbocycles. The molecular weight excluding hydrogens is 336 g/mol. The third kappa shape index (κ3) is 3.97. The van der Waals surface area contributed by atoms with Gasteiger partial charge in [0.25, 0.3) is 5.91 Å². The molecule has 1 atom stereocenters. The molecule has 1 N–H and O–H groups in total. The molecule has 0 saturated carbocycles. The van der Waals surface area contributed by atoms with Gasteiger partial charge in [-0.15, -0.1) is 11.3 Å². The Morgan fingerprint density at radius 3 is 2.96 bits per heavy atom. The van der Waals surface area contributed by atoms with E-state index in [2.05, 4.69) is 17.2 Å². The van der Waals surface area contributed by atoms with Crippen molar-refractivity contribution >= 4 is 28.3 Å². The van der Waals surface area contributed by atoms with E-state index in [0.717, 1.165) is 63.4 Å². The average molecular weight is 365 g/mol. The third-order valence-electron chi connectivity index (χ3n) is 5.42. The van der Waals surface area contributed by atoms with Crippen LogP contribution in [0.3, 0.4) is 0 Å². The molecule has 2 fully saturated rings. The largest absolute Gasteiger partial charge is 0.365 e. The highest BCUT2D eigenvalue weighted by molar-refractivity contribution is 7.13. The molecule has 3 rings (SSSR count). The first-order valence-electron chi connectivity index (χ1n) is 9.27. The van der Waals surface area contributed by atoms with Gasteiger partial charge in [-0.3, -0.25) is 9.59 Å². The zero-order valence-electron chi connectivity index (χ0n) is 15.2. The zero-order valence-corrected chi connectivity index (χ0v) is 16.0. The summed E-state index contributed by atoms with van der Waals surface area (Å²) < 4.78 is 0. The van der Waals surface area contributed by atoms with Crippen molar-refractivity contribution in [2.45, 2.75) is 45.4 Å². The number of rotatable bonds is 5. The summed E-state index contributed by atoms with van der Waals surface area (Å²) in [6.45, 7) is 5.33. The molecule has 138 valence electrons. The van der Waals surface area contributed by atoms with Crippen LogP contribution in [0.2, 0.25) is 0 Å². The minimum absolute atomic E-state index is 0.0221. The maximum atomic E-state index is 12.8. The van der Waals surface area contributed by atoms with Gasteiger partial charge in [-0.05, 0) is 25.7 Å². The molecule has 0 radical (unpaired) electrons. The average Bonchev–Trinajstić information content (AvgIpc) is 3.11. The number of nitrogens with zero attached hydrogens (tertiary/aromatic N) is 3. The van der Waals surface area contributed by atoms with E-state index in [4.69, 9.17) is 0 Å². The molecule has 1 aromatic rings. The highest BCUT2D eigenvalue weighted by Gasteiger charge is 2.42. The van der Waals surface area contributed by atoms with E-state index >= 15 is 0 Å². The second-order valence-corrected chi connectivity index (χ2v) is 8.15. The maximum Gasteiger partial charge on any atom is 0.273 e. The summed E-state index contributed by atoms with van der Waals surface area (Å²) in [5.41, 5.74) is 0.596. The van der Waals surface area contributed by atoms with Crippen molar-refractivity contribution < 1.29 is 9.59 Å². The van der Waals surface area contributed by atoms with Crippen LogP contribution in [0.4, 0.5) is 5.13 Å². The summed E-state index contributed by atoms with van der Waals surface area (Å²) in [7, 11) is 1.81. The van der Waals surface area contributed by atoms with Crippen LogP contribution in [0.1, 0.15) is 55.9 Å². The quantitative estimate of drug-likeness (QED) is 0.872. The lowest BCUT2D eigenvalue weighted by Gasteiger charge is -2.48. The summed E-state index contributed by atoms with van der Waals surface area (Å²) in [6.07, 6.45) is 5.77. The molecule has 6 nitrogen and oxygen atoms in total. The van der Waals surface area contributed by atoms with Crippen molar-refractivity contribution in [1.82, 2.24) is 14.8 Å². The summed E-state index contributed by atoms with van der Waals surface area (Å²) in [6, 6.07) is 0. The molecule has 2 saturated heterocycles. The lowest BCUT2D eigenvalue weighted by Crippen LogP contribution is -2.55. The Hall–Kier alpha value is -1.63. The van der Waals surface area contributed by atoms with Gasteiger partial charge in [-0.2, -0.15) is 0 Å². The molecule has 0 bridgehead atoms. The Morgan fingerprint density at radius 1 is 1.40 bits per heavy atom. The molecule has 1 spiro atoms. The topological polar surface area (TPSA) is 65.5 Å². The molecule has 1 aromatic heterocycles. The van der Waals surface area contributed by atoms with Crippen LogP contribution in [0, 0.1) is 5.41 Å². The Morgan fingerprint density at radius 2 is 2.24 bits per heavy atom. The van der Waals surface area contributed by atoms with E-state index in [-0.39, 0.29) is 17.2 Å². The lowest BCUT2D eigenvalue weighted by molar-refractivity contribution is -0.139. The van der Waals surface area contributed by atoms with Crippen molar-refractivity contribution in [3.63, 3.8) is 0 Å². The molecule has 0 unspecified atom stereocenters. The fourth-order valence-electron chi connectivity index (χ4n) is 4.02. The number of unbranched alkanes of at least 4 members (excludes halogenated alkanes) is 1. The van der Waals surface area contributed by atoms with E-state index in [1.807, 2.05) is 22.2 Å². The number of carbonyl (C=O) groups excluding carboxylic acids is 2. The van der Waals surface area contributed by atoms with Crippen molar-refractivity contribution in [2.24, 2.45) is 5.41 Å². The maximum absolute atomic E-state index is 12.8. The molecule has 7 heteroatoms. The Balaban J connectivity index is 1.69. The number of likely N-dealkylation sites (tertiary alicyclic amines) is 2. The van der Waals surface area contributed by atoms with Crippen molar-refractivity contribution in [2.75, 3.05) is 38.5 Å². The highest BCUT2D eigenvalue weighted by Crippen LogP contribution is 2.39. The van der Waals surface area contributed by atoms with Crippen LogP contribution in [-0.2, 0) is 4.79 Å². The van der Waals surface area contributed by atoms with Gasteiger partial charge < -0.3 is 15.1 Å². The molecule has 2 aliphatic heterocycles. The minimum atomic E-state index is 0.0221. The molecule has 2 amide bonds. The smallest absolute Gasteiger partial charge is 0.273 e. The number of anilines is 1. The first-order chi connectivity index (χ1) is 12.1. The van der Waals surface area contributed by atoms with E-state index in [1.165, 1.54) is 11.3 Å². The Bertz CT molecular complexity index is 632. The number of aromatic nitrogens is 1. The lowest BCUT2D eigenvalue weighted by atomic mass is 9.73. The van der Waals surface area contributed by atoms with Gasteiger partial charge in [0.1, 0.15) is 5.69 Å². The fraction of sp³-hybridized carbons (Fsp3) is 0.722. The highest BCUT2D eigenvalue weighted by atomic mass is 32.1. The number of amides is 2. The van der Waals surface area contributed by atoms with Crippen LogP contribution in [0.15, 0.2) is 5.38 Å². The van der Waals surface area contributed by atoms with Gasteiger partial charge in [-0.25, -0.2) is 4.98 Å². The standard InChI is InChI=1S/C18H28N4O2S/c1-3-4-9-21-12-18(8-6-15(21)23)7-5-10-22(13-18)16(24)14-11-25-17(19-2)20-14/h11H,3-10,12-13H2,1-2H3,(H,19,20)/t18-/m1/s1. The van der Waals surface area contributed by atoms with Crippen molar-refractivity contribution in [3.8, 4) is 0 Å². The predicted octanol–water partition coefficient (Wildman–Crippen LogP) is 2.83. The van der Waals surface area contributed by atoms with Crippen molar-refractivity contribution in [1.29, 1.82) is 0 Å². The number of carbonyl (C=O) groups is 2. The van der Waals surface area contributed by atoms with E-state index in [0.29, 0.717) is 12.1 Å². The van der Waals surface area contributed by atoms with Crippen LogP contribution in [-0.4, -0.2) is 59.8 Å². The summed E-state index contributed by atoms with van der Waals surface area (Å²) in [4.78, 5) is 33.4. The molecule has 25 heavy (non-hydrogen) atoms. The van der Waals surface area contributed by atoms with Crippen molar-refractivity contribution in [3.05, 3.63) is 11.1 Å². The van der Waals surface area contributed by atoms with Crippen LogP contribution in [0.5, 0.6) is 0 Å². The van der Waals surface area contributed by atoms with E-state index in [1.54, 1.807) is 0 Å². The van der Waals surface area contributed by atoms with Crippen LogP contribution in [0.25, 0.3) is 0 Å². The second kappa shape index (κ2) is 7.72. The Kier molecular flexibility index (Phi) is 5.61. The number of piperidine rings is 2. The van der Waals surface area contributed by atoms with Crippen LogP contribution >= 0.6 is 11.3 Å². The van der Waals surface area contributed by atoms with Crippen LogP contribution < -0.4 is 5.32 Å². The number of hydrogen-bond acceptors (Lipinski definition) is 5. The SMILES string of the molecule is CCCCN1C[C@@]2(CCCN(C(=O)c3csc(NC)n3)C2)CCC1=O. The molecule has 3 heterocycles. The van der Waals surface area contributed by atoms with Gasteiger partial charge in [0.2, 0.25) is 5.91 Å². The van der Waals surface area contributed by atoms with E-state index in [9.17, 15) is 9.59 Å². The first-order valence-corrected chi connectivity index (χ1v) is 10.2. The summed E-state index contributed by atoms with van der Waals surface area (Å²) in [5, 5.41) is 5.58. The minimum Gasteiger partial charge on any atom is -0.365 e. The van der Waals surface area contributed by atoms with Gasteiger partial charge in [0.15, 0.2) is 5.13 Å². The first kappa shape index (κ1) is 18.2. The molecular formula is C18H28N4O2S. The number of nitrogens with one attached hydrogen (secondary N) is 1. The van der Waals surface area contributed by atoms with Gasteiger partial charge >= 0.3 is 0 Å². The third-order valence-corrected chi connectivity index (χ3v) is 6.28. The van der Waals surface area contributed by atoms with Gasteiger partial charge in [-0.1, -0.05) is 13.3 Å². The number of hydrogen-bond donors (Lipinski definition) is 1. The zero-order chi connectivity index (χ0) is 17.9. The molecule has 0 aliphatic carbocycles. The monoisotopic (exact) mass is 364 g/mol. The second-order valence-electron chi connectivity index (χ2n) is 7.29. The van der Waals surface area contributed by atoms with Gasteiger partial charge in [0, 0.05) is 50.4 Å². The fourth-order valence-corrected chi connectivity index (χ4v) is 4.66. The summed E-state index contributed by atoms with van der Waals surface area (Å²) in [5.74, 6) is 0.300. The van der Waals surface area contributed by atoms with E-state index < -0.39 is 0 Å². The predicted molar refractivity (Wildman–Crippen MR) is 100.0 cm³/mol. The number of thiazole rings is 1. The normalized spacial score (nSPS) is 24.0.